The number of anilines is 1. The topological polar surface area (TPSA) is 122 Å². The summed E-state index contributed by atoms with van der Waals surface area (Å²) in [5.41, 5.74) is 1.22. The van der Waals surface area contributed by atoms with Gasteiger partial charge >= 0.3 is 11.7 Å². The number of aromatic nitrogens is 4. The Morgan fingerprint density at radius 2 is 1.66 bits per heavy atom. The minimum absolute atomic E-state index is 0.0414. The van der Waals surface area contributed by atoms with Crippen molar-refractivity contribution in [3.8, 4) is 0 Å². The number of nitrogens with one attached hydrogen (secondary N) is 2. The Kier molecular flexibility index (Phi) is 5.89. The van der Waals surface area contributed by atoms with Gasteiger partial charge in [0, 0.05) is 19.5 Å². The van der Waals surface area contributed by atoms with Crippen molar-refractivity contribution >= 4 is 23.1 Å². The van der Waals surface area contributed by atoms with E-state index in [-0.39, 0.29) is 23.0 Å². The van der Waals surface area contributed by atoms with Crippen molar-refractivity contribution in [2.45, 2.75) is 18.9 Å². The summed E-state index contributed by atoms with van der Waals surface area (Å²) in [4.78, 5) is 42.3. The number of H-pyrrole nitrogens is 1. The van der Waals surface area contributed by atoms with E-state index in [1.165, 1.54) is 27.3 Å². The molecule has 0 bridgehead atoms. The molecule has 9 heteroatoms. The van der Waals surface area contributed by atoms with E-state index in [1.54, 1.807) is 0 Å². The van der Waals surface area contributed by atoms with E-state index in [0.717, 1.165) is 0 Å². The number of aromatic amines is 1. The molecule has 0 saturated heterocycles. The molecule has 0 spiro atoms. The molecule has 0 radical (unpaired) electrons. The van der Waals surface area contributed by atoms with Crippen LogP contribution in [-0.4, -0.2) is 36.7 Å². The van der Waals surface area contributed by atoms with E-state index < -0.39 is 23.8 Å². The van der Waals surface area contributed by atoms with Gasteiger partial charge in [0.05, 0.1) is 0 Å². The molecule has 2 heterocycles. The summed E-state index contributed by atoms with van der Waals surface area (Å²) in [5.74, 6) is -0.768. The number of rotatable bonds is 8. The molecule has 0 saturated carbocycles. The van der Waals surface area contributed by atoms with Crippen LogP contribution in [0.2, 0.25) is 0 Å². The van der Waals surface area contributed by atoms with Gasteiger partial charge in [0.15, 0.2) is 11.2 Å². The van der Waals surface area contributed by atoms with Gasteiger partial charge < -0.3 is 10.4 Å². The molecule has 0 aliphatic rings. The van der Waals surface area contributed by atoms with Crippen LogP contribution in [0.1, 0.15) is 23.5 Å². The van der Waals surface area contributed by atoms with E-state index in [4.69, 9.17) is 0 Å². The number of hydrogen-bond donors (Lipinski definition) is 3. The standard InChI is InChI=1S/C23H23N5O4/c1-27-20-19(21(31)26-23(27)32)28(14-18(29)30)22(25-20)24-13-12-17(15-8-4-2-5-9-15)16-10-6-3-7-11-16/h2-11,17H,12-14H2,1H3,(H,24,25)(H,29,30)(H,26,31,32). The smallest absolute Gasteiger partial charge is 0.329 e. The molecule has 0 fully saturated rings. The molecule has 0 unspecified atom stereocenters. The molecule has 4 aromatic rings. The number of carbonyl (C=O) groups is 1. The minimum Gasteiger partial charge on any atom is -0.480 e. The first kappa shape index (κ1) is 21.1. The van der Waals surface area contributed by atoms with E-state index in [0.29, 0.717) is 13.0 Å². The fourth-order valence-corrected chi connectivity index (χ4v) is 3.88. The summed E-state index contributed by atoms with van der Waals surface area (Å²) < 4.78 is 2.48. The summed E-state index contributed by atoms with van der Waals surface area (Å²) in [6, 6.07) is 20.2. The number of benzene rings is 2. The fourth-order valence-electron chi connectivity index (χ4n) is 3.88. The Balaban J connectivity index is 1.65. The number of fused-ring (bicyclic) bond motifs is 1. The summed E-state index contributed by atoms with van der Waals surface area (Å²) in [6.45, 7) is 0.0180. The first-order chi connectivity index (χ1) is 15.5. The average molecular weight is 433 g/mol. The lowest BCUT2D eigenvalue weighted by Crippen LogP contribution is -2.29. The monoisotopic (exact) mass is 433 g/mol. The lowest BCUT2D eigenvalue weighted by Gasteiger charge is -2.19. The zero-order chi connectivity index (χ0) is 22.7. The number of nitrogens with zero attached hydrogens (tertiary/aromatic N) is 3. The van der Waals surface area contributed by atoms with Crippen LogP contribution < -0.4 is 16.6 Å². The highest BCUT2D eigenvalue weighted by Gasteiger charge is 2.20. The number of carboxylic acids is 1. The molecular formula is C23H23N5O4. The summed E-state index contributed by atoms with van der Waals surface area (Å²) in [5, 5.41) is 12.5. The van der Waals surface area contributed by atoms with Crippen molar-refractivity contribution in [3.63, 3.8) is 0 Å². The van der Waals surface area contributed by atoms with Crippen LogP contribution in [0.5, 0.6) is 0 Å². The first-order valence-electron chi connectivity index (χ1n) is 10.2. The number of hydrogen-bond acceptors (Lipinski definition) is 5. The Morgan fingerprint density at radius 1 is 1.06 bits per heavy atom. The maximum absolute atomic E-state index is 12.4. The van der Waals surface area contributed by atoms with Crippen LogP contribution in [-0.2, 0) is 18.4 Å². The van der Waals surface area contributed by atoms with E-state index >= 15 is 0 Å². The van der Waals surface area contributed by atoms with Gasteiger partial charge in [0.25, 0.3) is 5.56 Å². The summed E-state index contributed by atoms with van der Waals surface area (Å²) >= 11 is 0. The van der Waals surface area contributed by atoms with Gasteiger partial charge in [-0.1, -0.05) is 60.7 Å². The first-order valence-corrected chi connectivity index (χ1v) is 10.2. The van der Waals surface area contributed by atoms with Crippen molar-refractivity contribution in [1.82, 2.24) is 19.1 Å². The molecule has 32 heavy (non-hydrogen) atoms. The Labute approximate surface area is 183 Å². The second-order valence-electron chi connectivity index (χ2n) is 7.50. The fraction of sp³-hybridized carbons (Fsp3) is 0.217. The molecule has 2 aromatic heterocycles. The molecule has 0 aliphatic heterocycles. The number of imidazole rings is 1. The van der Waals surface area contributed by atoms with Gasteiger partial charge in [0.2, 0.25) is 5.95 Å². The van der Waals surface area contributed by atoms with Crippen molar-refractivity contribution in [1.29, 1.82) is 0 Å². The van der Waals surface area contributed by atoms with Crippen LogP contribution in [0, 0.1) is 0 Å². The highest BCUT2D eigenvalue weighted by Crippen LogP contribution is 2.28. The molecule has 164 valence electrons. The van der Waals surface area contributed by atoms with E-state index in [1.807, 2.05) is 36.4 Å². The number of aryl methyl sites for hydroxylation is 1. The Bertz CT molecular complexity index is 1320. The van der Waals surface area contributed by atoms with Crippen LogP contribution in [0.25, 0.3) is 11.2 Å². The van der Waals surface area contributed by atoms with Gasteiger partial charge in [-0.15, -0.1) is 0 Å². The SMILES string of the molecule is Cn1c(=O)[nH]c(=O)c2c1nc(NCCC(c1ccccc1)c1ccccc1)n2CC(=O)O. The zero-order valence-corrected chi connectivity index (χ0v) is 17.5. The van der Waals surface area contributed by atoms with Gasteiger partial charge in [-0.25, -0.2) is 4.79 Å². The average Bonchev–Trinajstić information content (AvgIpc) is 3.14. The maximum atomic E-state index is 12.4. The predicted molar refractivity (Wildman–Crippen MR) is 121 cm³/mol. The number of carboxylic acid groups (broad SMARTS) is 1. The largest absolute Gasteiger partial charge is 0.480 e. The van der Waals surface area contributed by atoms with Crippen molar-refractivity contribution in [3.05, 3.63) is 92.6 Å². The minimum atomic E-state index is -1.12. The highest BCUT2D eigenvalue weighted by molar-refractivity contribution is 5.77. The molecular weight excluding hydrogens is 410 g/mol. The summed E-state index contributed by atoms with van der Waals surface area (Å²) in [7, 11) is 1.48. The van der Waals surface area contributed by atoms with Gasteiger partial charge in [0.1, 0.15) is 6.54 Å². The summed E-state index contributed by atoms with van der Waals surface area (Å²) in [6.07, 6.45) is 0.708. The van der Waals surface area contributed by atoms with Gasteiger partial charge in [-0.2, -0.15) is 4.98 Å². The molecule has 9 nitrogen and oxygen atoms in total. The Hall–Kier alpha value is -4.14. The third-order valence-electron chi connectivity index (χ3n) is 5.42. The van der Waals surface area contributed by atoms with Crippen LogP contribution in [0.3, 0.4) is 0 Å². The second kappa shape index (κ2) is 8.93. The van der Waals surface area contributed by atoms with E-state index in [9.17, 15) is 19.5 Å². The molecule has 0 atom stereocenters. The van der Waals surface area contributed by atoms with Crippen LogP contribution in [0.4, 0.5) is 5.95 Å². The van der Waals surface area contributed by atoms with Crippen molar-refractivity contribution in [2.24, 2.45) is 7.05 Å². The lowest BCUT2D eigenvalue weighted by molar-refractivity contribution is -0.137. The third kappa shape index (κ3) is 4.18. The predicted octanol–water partition coefficient (Wildman–Crippen LogP) is 2.14. The van der Waals surface area contributed by atoms with Crippen LogP contribution in [0.15, 0.2) is 70.3 Å². The Morgan fingerprint density at radius 3 is 2.22 bits per heavy atom. The zero-order valence-electron chi connectivity index (χ0n) is 17.5. The number of aliphatic carboxylic acids is 1. The maximum Gasteiger partial charge on any atom is 0.329 e. The third-order valence-corrected chi connectivity index (χ3v) is 5.42. The molecule has 3 N–H and O–H groups in total. The molecule has 0 aliphatic carbocycles. The highest BCUT2D eigenvalue weighted by atomic mass is 16.4. The van der Waals surface area contributed by atoms with Gasteiger partial charge in [-0.3, -0.25) is 23.7 Å². The molecule has 0 amide bonds. The van der Waals surface area contributed by atoms with E-state index in [2.05, 4.69) is 39.6 Å². The quantitative estimate of drug-likeness (QED) is 0.391. The lowest BCUT2D eigenvalue weighted by atomic mass is 9.88. The van der Waals surface area contributed by atoms with Crippen LogP contribution >= 0.6 is 0 Å². The molecule has 4 rings (SSSR count). The van der Waals surface area contributed by atoms with Gasteiger partial charge in [-0.05, 0) is 17.5 Å². The van der Waals surface area contributed by atoms with Crippen molar-refractivity contribution in [2.75, 3.05) is 11.9 Å². The normalized spacial score (nSPS) is 11.2. The van der Waals surface area contributed by atoms with Crippen molar-refractivity contribution < 1.29 is 9.90 Å². The molecule has 2 aromatic carbocycles. The second-order valence-corrected chi connectivity index (χ2v) is 7.50.